The minimum Gasteiger partial charge on any atom is -0.387 e. The van der Waals surface area contributed by atoms with Gasteiger partial charge in [0.05, 0.1) is 5.84 Å². The Kier molecular flexibility index (Phi) is 4.08. The molecule has 0 saturated carbocycles. The van der Waals surface area contributed by atoms with E-state index in [4.69, 9.17) is 11.1 Å². The number of hydrogen-bond donors (Lipinski definition) is 2. The first-order valence-corrected chi connectivity index (χ1v) is 5.75. The normalized spacial score (nSPS) is 11.3. The number of aromatic nitrogens is 2. The summed E-state index contributed by atoms with van der Waals surface area (Å²) in [6.07, 6.45) is 4.31. The third kappa shape index (κ3) is 3.87. The highest BCUT2D eigenvalue weighted by atomic mass is 32.2. The molecular formula is C10H16N4S. The van der Waals surface area contributed by atoms with Gasteiger partial charge in [0.2, 0.25) is 0 Å². The van der Waals surface area contributed by atoms with Crippen LogP contribution in [0, 0.1) is 10.8 Å². The van der Waals surface area contributed by atoms with Crippen LogP contribution in [-0.2, 0) is 0 Å². The first-order valence-electron chi connectivity index (χ1n) is 4.77. The zero-order valence-electron chi connectivity index (χ0n) is 9.03. The summed E-state index contributed by atoms with van der Waals surface area (Å²) in [6.45, 7) is 3.95. The van der Waals surface area contributed by atoms with Crippen molar-refractivity contribution >= 4 is 17.6 Å². The molecule has 0 atom stereocenters. The zero-order valence-corrected chi connectivity index (χ0v) is 9.84. The van der Waals surface area contributed by atoms with Crippen LogP contribution in [0.4, 0.5) is 0 Å². The van der Waals surface area contributed by atoms with E-state index in [1.807, 2.05) is 13.8 Å². The highest BCUT2D eigenvalue weighted by Crippen LogP contribution is 2.24. The SMILES string of the molecule is CC(C)(CCSc1ncccn1)C(=N)N. The lowest BCUT2D eigenvalue weighted by molar-refractivity contribution is 0.500. The molecule has 0 fully saturated rings. The Morgan fingerprint density at radius 2 is 2.07 bits per heavy atom. The summed E-state index contributed by atoms with van der Waals surface area (Å²) in [5.74, 6) is 1.11. The summed E-state index contributed by atoms with van der Waals surface area (Å²) < 4.78 is 0. The van der Waals surface area contributed by atoms with E-state index in [2.05, 4.69) is 9.97 Å². The number of nitrogens with zero attached hydrogens (tertiary/aromatic N) is 2. The summed E-state index contributed by atoms with van der Waals surface area (Å²) in [5.41, 5.74) is 5.26. The van der Waals surface area contributed by atoms with Crippen LogP contribution in [0.2, 0.25) is 0 Å². The second-order valence-electron chi connectivity index (χ2n) is 3.93. The van der Waals surface area contributed by atoms with Crippen molar-refractivity contribution in [3.63, 3.8) is 0 Å². The molecule has 1 aromatic heterocycles. The van der Waals surface area contributed by atoms with Crippen LogP contribution >= 0.6 is 11.8 Å². The minimum absolute atomic E-state index is 0.233. The molecule has 0 amide bonds. The number of nitrogens with one attached hydrogen (secondary N) is 1. The van der Waals surface area contributed by atoms with E-state index in [0.29, 0.717) is 0 Å². The van der Waals surface area contributed by atoms with Gasteiger partial charge in [0.25, 0.3) is 0 Å². The first kappa shape index (κ1) is 12.0. The van der Waals surface area contributed by atoms with Crippen LogP contribution in [0.1, 0.15) is 20.3 Å². The van der Waals surface area contributed by atoms with Gasteiger partial charge in [-0.1, -0.05) is 25.6 Å². The maximum atomic E-state index is 7.42. The molecule has 0 spiro atoms. The highest BCUT2D eigenvalue weighted by molar-refractivity contribution is 7.99. The van der Waals surface area contributed by atoms with Gasteiger partial charge in [-0.05, 0) is 12.5 Å². The molecule has 0 unspecified atom stereocenters. The summed E-state index contributed by atoms with van der Waals surface area (Å²) in [6, 6.07) is 1.80. The highest BCUT2D eigenvalue weighted by Gasteiger charge is 2.21. The number of amidine groups is 1. The summed E-state index contributed by atoms with van der Waals surface area (Å²) >= 11 is 1.59. The Bertz CT molecular complexity index is 323. The molecule has 0 bridgehead atoms. The molecular weight excluding hydrogens is 208 g/mol. The standard InChI is InChI=1S/C10H16N4S/c1-10(2,8(11)12)4-7-15-9-13-5-3-6-14-9/h3,5-6H,4,7H2,1-2H3,(H3,11,12). The van der Waals surface area contributed by atoms with Gasteiger partial charge >= 0.3 is 0 Å². The minimum atomic E-state index is -0.234. The molecule has 1 rings (SSSR count). The molecule has 0 aliphatic rings. The van der Waals surface area contributed by atoms with Gasteiger partial charge in [0.15, 0.2) is 5.16 Å². The zero-order chi connectivity index (χ0) is 11.3. The van der Waals surface area contributed by atoms with Crippen molar-refractivity contribution < 1.29 is 0 Å². The Balaban J connectivity index is 2.37. The molecule has 5 heteroatoms. The molecule has 15 heavy (non-hydrogen) atoms. The van der Waals surface area contributed by atoms with E-state index in [0.717, 1.165) is 17.3 Å². The molecule has 4 nitrogen and oxygen atoms in total. The third-order valence-corrected chi connectivity index (χ3v) is 3.11. The molecule has 3 N–H and O–H groups in total. The van der Waals surface area contributed by atoms with Crippen molar-refractivity contribution in [3.05, 3.63) is 18.5 Å². The molecule has 1 heterocycles. The Morgan fingerprint density at radius 3 is 2.60 bits per heavy atom. The molecule has 82 valence electrons. The maximum absolute atomic E-state index is 7.42. The maximum Gasteiger partial charge on any atom is 0.187 e. The fourth-order valence-corrected chi connectivity index (χ4v) is 1.96. The van der Waals surface area contributed by atoms with E-state index >= 15 is 0 Å². The second kappa shape index (κ2) is 5.11. The van der Waals surface area contributed by atoms with Gasteiger partial charge in [0.1, 0.15) is 0 Å². The van der Waals surface area contributed by atoms with Crippen LogP contribution in [0.15, 0.2) is 23.6 Å². The Hall–Kier alpha value is -1.10. The largest absolute Gasteiger partial charge is 0.387 e. The summed E-state index contributed by atoms with van der Waals surface area (Å²) in [4.78, 5) is 8.22. The second-order valence-corrected chi connectivity index (χ2v) is 4.99. The fourth-order valence-electron chi connectivity index (χ4n) is 0.892. The lowest BCUT2D eigenvalue weighted by Crippen LogP contribution is -2.31. The van der Waals surface area contributed by atoms with Gasteiger partial charge in [0, 0.05) is 23.6 Å². The van der Waals surface area contributed by atoms with Crippen LogP contribution in [0.25, 0.3) is 0 Å². The predicted molar refractivity (Wildman–Crippen MR) is 63.1 cm³/mol. The monoisotopic (exact) mass is 224 g/mol. The van der Waals surface area contributed by atoms with Crippen molar-refractivity contribution in [2.45, 2.75) is 25.4 Å². The number of thioether (sulfide) groups is 1. The van der Waals surface area contributed by atoms with Gasteiger partial charge in [-0.3, -0.25) is 5.41 Å². The van der Waals surface area contributed by atoms with Crippen LogP contribution in [0.3, 0.4) is 0 Å². The summed E-state index contributed by atoms with van der Waals surface area (Å²) in [7, 11) is 0. The van der Waals surface area contributed by atoms with Crippen molar-refractivity contribution in [2.75, 3.05) is 5.75 Å². The number of rotatable bonds is 5. The van der Waals surface area contributed by atoms with E-state index in [-0.39, 0.29) is 11.3 Å². The average molecular weight is 224 g/mol. The number of hydrogen-bond acceptors (Lipinski definition) is 4. The predicted octanol–water partition coefficient (Wildman–Crippen LogP) is 1.92. The fraction of sp³-hybridized carbons (Fsp3) is 0.500. The van der Waals surface area contributed by atoms with Gasteiger partial charge in [-0.15, -0.1) is 0 Å². The Morgan fingerprint density at radius 1 is 1.47 bits per heavy atom. The van der Waals surface area contributed by atoms with Crippen molar-refractivity contribution in [2.24, 2.45) is 11.1 Å². The van der Waals surface area contributed by atoms with Gasteiger partial charge in [-0.2, -0.15) is 0 Å². The smallest absolute Gasteiger partial charge is 0.187 e. The van der Waals surface area contributed by atoms with Gasteiger partial charge in [-0.25, -0.2) is 9.97 Å². The molecule has 0 aliphatic heterocycles. The summed E-state index contributed by atoms with van der Waals surface area (Å²) in [5, 5.41) is 8.19. The topological polar surface area (TPSA) is 75.7 Å². The van der Waals surface area contributed by atoms with E-state index in [1.54, 1.807) is 30.2 Å². The quantitative estimate of drug-likeness (QED) is 0.347. The van der Waals surface area contributed by atoms with E-state index < -0.39 is 0 Å². The van der Waals surface area contributed by atoms with Crippen molar-refractivity contribution in [1.29, 1.82) is 5.41 Å². The van der Waals surface area contributed by atoms with Crippen LogP contribution in [-0.4, -0.2) is 21.6 Å². The molecule has 0 saturated heterocycles. The third-order valence-electron chi connectivity index (χ3n) is 2.23. The van der Waals surface area contributed by atoms with E-state index in [9.17, 15) is 0 Å². The molecule has 1 aromatic rings. The molecule has 0 aliphatic carbocycles. The lowest BCUT2D eigenvalue weighted by Gasteiger charge is -2.21. The Labute approximate surface area is 94.2 Å². The number of nitrogens with two attached hydrogens (primary N) is 1. The lowest BCUT2D eigenvalue weighted by atomic mass is 9.89. The van der Waals surface area contributed by atoms with Crippen LogP contribution < -0.4 is 5.73 Å². The molecule has 0 aromatic carbocycles. The van der Waals surface area contributed by atoms with Gasteiger partial charge < -0.3 is 5.73 Å². The molecule has 0 radical (unpaired) electrons. The van der Waals surface area contributed by atoms with E-state index in [1.165, 1.54) is 0 Å². The first-order chi connectivity index (χ1) is 7.02. The average Bonchev–Trinajstić information content (AvgIpc) is 2.19. The van der Waals surface area contributed by atoms with Crippen LogP contribution in [0.5, 0.6) is 0 Å². The van der Waals surface area contributed by atoms with Crippen molar-refractivity contribution in [1.82, 2.24) is 9.97 Å². The van der Waals surface area contributed by atoms with Crippen molar-refractivity contribution in [3.8, 4) is 0 Å².